The molecule has 2 aromatic carbocycles. The Morgan fingerprint density at radius 3 is 2.85 bits per heavy atom. The lowest BCUT2D eigenvalue weighted by atomic mass is 10.0. The fraction of sp³-hybridized carbons (Fsp3) is 0.200. The third-order valence-corrected chi connectivity index (χ3v) is 5.15. The molecule has 1 heterocycles. The number of ether oxygens (including phenoxy) is 1. The molecule has 0 bridgehead atoms. The topological polar surface area (TPSA) is 9.23 Å². The van der Waals surface area contributed by atoms with Crippen LogP contribution in [0.25, 0.3) is 0 Å². The summed E-state index contributed by atoms with van der Waals surface area (Å²) in [6.07, 6.45) is 0.887. The molecule has 1 atom stereocenters. The van der Waals surface area contributed by atoms with Gasteiger partial charge in [0.25, 0.3) is 0 Å². The van der Waals surface area contributed by atoms with E-state index in [1.807, 2.05) is 12.1 Å². The lowest BCUT2D eigenvalue weighted by molar-refractivity contribution is 0.354. The zero-order valence-electron chi connectivity index (χ0n) is 10.3. The largest absolute Gasteiger partial charge is 0.493 e. The van der Waals surface area contributed by atoms with Gasteiger partial charge in [0, 0.05) is 16.5 Å². The van der Waals surface area contributed by atoms with Crippen LogP contribution in [-0.2, 0) is 6.42 Å². The fourth-order valence-electron chi connectivity index (χ4n) is 2.37. The van der Waals surface area contributed by atoms with E-state index >= 15 is 0 Å². The smallest absolute Gasteiger partial charge is 0.142 e. The minimum atomic E-state index is -0.416. The first kappa shape index (κ1) is 14.4. The van der Waals surface area contributed by atoms with Crippen LogP contribution in [0.2, 0.25) is 5.02 Å². The Labute approximate surface area is 138 Å². The maximum atomic E-state index is 13.6. The van der Waals surface area contributed by atoms with Crippen molar-refractivity contribution in [1.82, 2.24) is 0 Å². The zero-order chi connectivity index (χ0) is 14.3. The molecule has 0 saturated carbocycles. The number of hydrogen-bond acceptors (Lipinski definition) is 1. The summed E-state index contributed by atoms with van der Waals surface area (Å²) in [5.74, 6) is 0.455. The van der Waals surface area contributed by atoms with Gasteiger partial charge in [0.2, 0.25) is 0 Å². The number of alkyl halides is 1. The fourth-order valence-corrected chi connectivity index (χ4v) is 3.98. The van der Waals surface area contributed by atoms with Crippen molar-refractivity contribution in [1.29, 1.82) is 0 Å². The van der Waals surface area contributed by atoms with Gasteiger partial charge in [0.15, 0.2) is 0 Å². The summed E-state index contributed by atoms with van der Waals surface area (Å²) in [6, 6.07) is 8.86. The van der Waals surface area contributed by atoms with Crippen molar-refractivity contribution in [3.05, 3.63) is 62.3 Å². The van der Waals surface area contributed by atoms with Gasteiger partial charge < -0.3 is 4.74 Å². The molecule has 0 saturated heterocycles. The number of halogens is 4. The summed E-state index contributed by atoms with van der Waals surface area (Å²) in [6.45, 7) is 0.676. The molecule has 1 aliphatic rings. The molecule has 104 valence electrons. The molecule has 1 unspecified atom stereocenters. The van der Waals surface area contributed by atoms with Crippen LogP contribution in [0.15, 0.2) is 34.8 Å². The highest BCUT2D eigenvalue weighted by Gasteiger charge is 2.24. The Morgan fingerprint density at radius 1 is 1.25 bits per heavy atom. The molecule has 3 rings (SSSR count). The highest BCUT2D eigenvalue weighted by molar-refractivity contribution is 9.10. The van der Waals surface area contributed by atoms with E-state index < -0.39 is 5.82 Å². The van der Waals surface area contributed by atoms with Crippen LogP contribution in [0.5, 0.6) is 5.75 Å². The molecule has 0 aromatic heterocycles. The second-order valence-electron chi connectivity index (χ2n) is 4.59. The Hall–Kier alpha value is -0.580. The highest BCUT2D eigenvalue weighted by Crippen LogP contribution is 2.44. The minimum Gasteiger partial charge on any atom is -0.493 e. The van der Waals surface area contributed by atoms with Crippen molar-refractivity contribution in [2.75, 3.05) is 6.61 Å². The normalized spacial score (nSPS) is 14.8. The number of rotatable bonds is 2. The van der Waals surface area contributed by atoms with Crippen LogP contribution in [0.4, 0.5) is 4.39 Å². The molecule has 0 amide bonds. The quantitative estimate of drug-likeness (QED) is 0.570. The van der Waals surface area contributed by atoms with Crippen LogP contribution >= 0.6 is 43.5 Å². The molecule has 0 N–H and O–H groups in total. The van der Waals surface area contributed by atoms with Gasteiger partial charge in [-0.3, -0.25) is 0 Å². The standard InChI is InChI=1S/C15H10Br2ClFO/c16-9-6-8-4-5-20-15(8)11(7-9)13(17)10-2-1-3-12(19)14(10)18/h1-3,6-7,13H,4-5H2. The molecule has 5 heteroatoms. The predicted octanol–water partition coefficient (Wildman–Crippen LogP) is 5.66. The van der Waals surface area contributed by atoms with Gasteiger partial charge in [-0.25, -0.2) is 4.39 Å². The zero-order valence-corrected chi connectivity index (χ0v) is 14.2. The second-order valence-corrected chi connectivity index (χ2v) is 6.80. The lowest BCUT2D eigenvalue weighted by Crippen LogP contribution is -1.99. The van der Waals surface area contributed by atoms with Crippen molar-refractivity contribution in [2.45, 2.75) is 11.2 Å². The highest BCUT2D eigenvalue weighted by atomic mass is 79.9. The van der Waals surface area contributed by atoms with Gasteiger partial charge in [0.05, 0.1) is 16.5 Å². The summed E-state index contributed by atoms with van der Waals surface area (Å²) in [4.78, 5) is -0.213. The molecular weight excluding hydrogens is 410 g/mol. The number of hydrogen-bond donors (Lipinski definition) is 0. The maximum Gasteiger partial charge on any atom is 0.142 e. The molecule has 0 spiro atoms. The third-order valence-electron chi connectivity index (χ3n) is 3.30. The Morgan fingerprint density at radius 2 is 2.05 bits per heavy atom. The molecule has 1 aliphatic heterocycles. The number of benzene rings is 2. The van der Waals surface area contributed by atoms with Crippen molar-refractivity contribution >= 4 is 43.5 Å². The Balaban J connectivity index is 2.11. The monoisotopic (exact) mass is 418 g/mol. The Bertz CT molecular complexity index is 675. The van der Waals surface area contributed by atoms with Gasteiger partial charge in [-0.05, 0) is 29.3 Å². The maximum absolute atomic E-state index is 13.6. The second kappa shape index (κ2) is 5.66. The van der Waals surface area contributed by atoms with E-state index in [2.05, 4.69) is 37.9 Å². The minimum absolute atomic E-state index is 0.140. The van der Waals surface area contributed by atoms with E-state index in [1.54, 1.807) is 6.07 Å². The molecule has 2 aromatic rings. The van der Waals surface area contributed by atoms with E-state index in [0.29, 0.717) is 12.2 Å². The van der Waals surface area contributed by atoms with E-state index in [-0.39, 0.29) is 9.85 Å². The summed E-state index contributed by atoms with van der Waals surface area (Å²) in [5, 5.41) is 0.140. The van der Waals surface area contributed by atoms with Crippen molar-refractivity contribution in [3.8, 4) is 5.75 Å². The molecule has 0 fully saturated rings. The average molecular weight is 421 g/mol. The van der Waals surface area contributed by atoms with Crippen LogP contribution in [0, 0.1) is 5.82 Å². The SMILES string of the molecule is Fc1cccc(C(Br)c2cc(Br)cc3c2OCC3)c1Cl. The molecule has 0 aliphatic carbocycles. The summed E-state index contributed by atoms with van der Waals surface area (Å²) in [7, 11) is 0. The third kappa shape index (κ3) is 2.49. The Kier molecular flexibility index (Phi) is 4.07. The van der Waals surface area contributed by atoms with Crippen LogP contribution in [0.1, 0.15) is 21.5 Å². The molecule has 1 nitrogen and oxygen atoms in total. The van der Waals surface area contributed by atoms with E-state index in [4.69, 9.17) is 16.3 Å². The molecule has 0 radical (unpaired) electrons. The van der Waals surface area contributed by atoms with Gasteiger partial charge in [0.1, 0.15) is 11.6 Å². The van der Waals surface area contributed by atoms with Crippen LogP contribution in [0.3, 0.4) is 0 Å². The van der Waals surface area contributed by atoms with Crippen LogP contribution in [-0.4, -0.2) is 6.61 Å². The van der Waals surface area contributed by atoms with Gasteiger partial charge in [-0.2, -0.15) is 0 Å². The number of fused-ring (bicyclic) bond motifs is 1. The molecular formula is C15H10Br2ClFO. The first-order chi connectivity index (χ1) is 9.58. The van der Waals surface area contributed by atoms with E-state index in [1.165, 1.54) is 6.07 Å². The average Bonchev–Trinajstić information content (AvgIpc) is 2.88. The van der Waals surface area contributed by atoms with Gasteiger partial charge >= 0.3 is 0 Å². The summed E-state index contributed by atoms with van der Waals surface area (Å²) >= 11 is 13.2. The van der Waals surface area contributed by atoms with Gasteiger partial charge in [-0.15, -0.1) is 0 Å². The summed E-state index contributed by atoms with van der Waals surface area (Å²) < 4.78 is 20.3. The first-order valence-corrected chi connectivity index (χ1v) is 8.19. The molecule has 20 heavy (non-hydrogen) atoms. The van der Waals surface area contributed by atoms with Gasteiger partial charge in [-0.1, -0.05) is 55.6 Å². The summed E-state index contributed by atoms with van der Waals surface area (Å²) in [5.41, 5.74) is 2.81. The predicted molar refractivity (Wildman–Crippen MR) is 85.5 cm³/mol. The van der Waals surface area contributed by atoms with Crippen molar-refractivity contribution in [2.24, 2.45) is 0 Å². The van der Waals surface area contributed by atoms with E-state index in [9.17, 15) is 4.39 Å². The van der Waals surface area contributed by atoms with Crippen LogP contribution < -0.4 is 4.74 Å². The van der Waals surface area contributed by atoms with Crippen molar-refractivity contribution in [3.63, 3.8) is 0 Å². The first-order valence-electron chi connectivity index (χ1n) is 6.11. The van der Waals surface area contributed by atoms with Crippen molar-refractivity contribution < 1.29 is 9.13 Å². The van der Waals surface area contributed by atoms with E-state index in [0.717, 1.165) is 27.8 Å². The lowest BCUT2D eigenvalue weighted by Gasteiger charge is -2.16.